The number of rotatable bonds is 4. The number of hydrazone groups is 1. The molecule has 23 heavy (non-hydrogen) atoms. The number of nitro benzene ring substituents is 1. The summed E-state index contributed by atoms with van der Waals surface area (Å²) in [5, 5.41) is 15.1. The minimum atomic E-state index is -0.607. The largest absolute Gasteiger partial charge is 0.288 e. The van der Waals surface area contributed by atoms with E-state index in [0.29, 0.717) is 10.6 Å². The van der Waals surface area contributed by atoms with Crippen LogP contribution in [0.5, 0.6) is 0 Å². The molecule has 118 valence electrons. The van der Waals surface area contributed by atoms with Crippen molar-refractivity contribution in [2.45, 2.75) is 0 Å². The second-order valence-corrected chi connectivity index (χ2v) is 5.54. The summed E-state index contributed by atoms with van der Waals surface area (Å²) in [6.07, 6.45) is 1.25. The Morgan fingerprint density at radius 3 is 2.52 bits per heavy atom. The van der Waals surface area contributed by atoms with Crippen LogP contribution in [-0.2, 0) is 0 Å². The fraction of sp³-hybridized carbons (Fsp3) is 0. The monoisotopic (exact) mass is 371 g/mol. The van der Waals surface area contributed by atoms with E-state index in [4.69, 9.17) is 34.8 Å². The molecule has 2 aromatic rings. The Labute approximate surface area is 145 Å². The van der Waals surface area contributed by atoms with E-state index in [0.717, 1.165) is 0 Å². The van der Waals surface area contributed by atoms with Gasteiger partial charge in [-0.2, -0.15) is 5.10 Å². The van der Waals surface area contributed by atoms with Crippen molar-refractivity contribution in [1.29, 1.82) is 0 Å². The summed E-state index contributed by atoms with van der Waals surface area (Å²) in [5.74, 6) is -0.558. The molecule has 2 rings (SSSR count). The van der Waals surface area contributed by atoms with Gasteiger partial charge in [0.15, 0.2) is 0 Å². The molecule has 0 saturated heterocycles. The Kier molecular flexibility index (Phi) is 5.54. The number of benzene rings is 2. The molecule has 2 aromatic carbocycles. The lowest BCUT2D eigenvalue weighted by atomic mass is 10.2. The van der Waals surface area contributed by atoms with Gasteiger partial charge in [-0.05, 0) is 24.3 Å². The smallest absolute Gasteiger partial charge is 0.267 e. The van der Waals surface area contributed by atoms with E-state index in [1.54, 1.807) is 6.07 Å². The van der Waals surface area contributed by atoms with Crippen molar-refractivity contribution in [3.05, 3.63) is 72.7 Å². The van der Waals surface area contributed by atoms with Crippen LogP contribution in [0.2, 0.25) is 15.1 Å². The van der Waals surface area contributed by atoms with Gasteiger partial charge in [0.2, 0.25) is 0 Å². The molecule has 0 unspecified atom stereocenters. The maximum Gasteiger partial charge on any atom is 0.288 e. The van der Waals surface area contributed by atoms with Crippen LogP contribution in [0.4, 0.5) is 5.69 Å². The molecule has 0 aromatic heterocycles. The summed E-state index contributed by atoms with van der Waals surface area (Å²) in [7, 11) is 0. The van der Waals surface area contributed by atoms with E-state index in [1.807, 2.05) is 0 Å². The lowest BCUT2D eigenvalue weighted by Crippen LogP contribution is -2.18. The van der Waals surface area contributed by atoms with E-state index in [9.17, 15) is 14.9 Å². The topological polar surface area (TPSA) is 84.6 Å². The molecule has 1 N–H and O–H groups in total. The van der Waals surface area contributed by atoms with Crippen LogP contribution < -0.4 is 5.43 Å². The molecule has 0 aliphatic carbocycles. The first kappa shape index (κ1) is 17.2. The third kappa shape index (κ3) is 4.41. The van der Waals surface area contributed by atoms with Crippen LogP contribution in [0.3, 0.4) is 0 Å². The fourth-order valence-electron chi connectivity index (χ4n) is 1.65. The van der Waals surface area contributed by atoms with Gasteiger partial charge in [-0.3, -0.25) is 14.9 Å². The molecule has 0 heterocycles. The van der Waals surface area contributed by atoms with Gasteiger partial charge in [-0.15, -0.1) is 0 Å². The van der Waals surface area contributed by atoms with Gasteiger partial charge in [0.1, 0.15) is 5.02 Å². The lowest BCUT2D eigenvalue weighted by Gasteiger charge is -2.03. The van der Waals surface area contributed by atoms with Crippen LogP contribution in [0.15, 0.2) is 41.5 Å². The summed E-state index contributed by atoms with van der Waals surface area (Å²) in [6.45, 7) is 0. The summed E-state index contributed by atoms with van der Waals surface area (Å²) in [5.41, 5.74) is 2.58. The third-order valence-corrected chi connectivity index (χ3v) is 3.60. The maximum absolute atomic E-state index is 11.9. The van der Waals surface area contributed by atoms with Crippen LogP contribution in [0, 0.1) is 10.1 Å². The molecule has 9 heteroatoms. The van der Waals surface area contributed by atoms with Crippen molar-refractivity contribution < 1.29 is 9.72 Å². The number of nitrogens with zero attached hydrogens (tertiary/aromatic N) is 2. The molecule has 6 nitrogen and oxygen atoms in total. The first-order chi connectivity index (χ1) is 10.9. The van der Waals surface area contributed by atoms with Crippen LogP contribution in [0.25, 0.3) is 0 Å². The van der Waals surface area contributed by atoms with Crippen molar-refractivity contribution >= 4 is 52.6 Å². The second-order valence-electron chi connectivity index (χ2n) is 4.29. The SMILES string of the molecule is O=C(N/N=C\c1ccc(Cl)c([N+](=O)[O-])c1)c1cc(Cl)ccc1Cl. The highest BCUT2D eigenvalue weighted by Gasteiger charge is 2.12. The van der Waals surface area contributed by atoms with Gasteiger partial charge in [0, 0.05) is 16.7 Å². The Hall–Kier alpha value is -2.15. The zero-order valence-corrected chi connectivity index (χ0v) is 13.6. The molecule has 0 bridgehead atoms. The summed E-state index contributed by atoms with van der Waals surface area (Å²) < 4.78 is 0. The van der Waals surface area contributed by atoms with Crippen molar-refractivity contribution in [1.82, 2.24) is 5.43 Å². The predicted molar refractivity (Wildman–Crippen MR) is 89.6 cm³/mol. The molecular formula is C14H8Cl3N3O3. The Balaban J connectivity index is 2.13. The highest BCUT2D eigenvalue weighted by Crippen LogP contribution is 2.24. The maximum atomic E-state index is 11.9. The van der Waals surface area contributed by atoms with E-state index in [1.165, 1.54) is 36.5 Å². The van der Waals surface area contributed by atoms with Crippen molar-refractivity contribution in [2.24, 2.45) is 5.10 Å². The predicted octanol–water partition coefficient (Wildman–Crippen LogP) is 4.32. The lowest BCUT2D eigenvalue weighted by molar-refractivity contribution is -0.384. The van der Waals surface area contributed by atoms with E-state index >= 15 is 0 Å². The summed E-state index contributed by atoms with van der Waals surface area (Å²) in [4.78, 5) is 22.1. The van der Waals surface area contributed by atoms with Crippen molar-refractivity contribution in [3.8, 4) is 0 Å². The Bertz CT molecular complexity index is 809. The van der Waals surface area contributed by atoms with Gasteiger partial charge >= 0.3 is 0 Å². The first-order valence-corrected chi connectivity index (χ1v) is 7.24. The van der Waals surface area contributed by atoms with Crippen molar-refractivity contribution in [2.75, 3.05) is 0 Å². The van der Waals surface area contributed by atoms with Crippen LogP contribution in [-0.4, -0.2) is 17.0 Å². The highest BCUT2D eigenvalue weighted by atomic mass is 35.5. The molecule has 0 atom stereocenters. The summed E-state index contributed by atoms with van der Waals surface area (Å²) in [6, 6.07) is 8.59. The van der Waals surface area contributed by atoms with Crippen LogP contribution >= 0.6 is 34.8 Å². The van der Waals surface area contributed by atoms with Gasteiger partial charge < -0.3 is 0 Å². The van der Waals surface area contributed by atoms with Gasteiger partial charge in [-0.25, -0.2) is 5.43 Å². The Morgan fingerprint density at radius 2 is 1.83 bits per heavy atom. The number of hydrogen-bond donors (Lipinski definition) is 1. The summed E-state index contributed by atoms with van der Waals surface area (Å²) >= 11 is 17.4. The molecular weight excluding hydrogens is 365 g/mol. The number of nitrogens with one attached hydrogen (secondary N) is 1. The number of nitro groups is 1. The van der Waals surface area contributed by atoms with E-state index < -0.39 is 10.8 Å². The molecule has 0 saturated carbocycles. The zero-order chi connectivity index (χ0) is 17.0. The van der Waals surface area contributed by atoms with E-state index in [-0.39, 0.29) is 21.3 Å². The van der Waals surface area contributed by atoms with Gasteiger partial charge in [0.25, 0.3) is 11.6 Å². The number of halogens is 3. The van der Waals surface area contributed by atoms with Gasteiger partial charge in [0.05, 0.1) is 21.7 Å². The quantitative estimate of drug-likeness (QED) is 0.493. The molecule has 0 aliphatic heterocycles. The minimum absolute atomic E-state index is 0.0156. The van der Waals surface area contributed by atoms with Gasteiger partial charge in [-0.1, -0.05) is 40.9 Å². The number of carbonyl (C=O) groups excluding carboxylic acids is 1. The van der Waals surface area contributed by atoms with Crippen molar-refractivity contribution in [3.63, 3.8) is 0 Å². The van der Waals surface area contributed by atoms with Crippen LogP contribution in [0.1, 0.15) is 15.9 Å². The minimum Gasteiger partial charge on any atom is -0.267 e. The number of hydrogen-bond acceptors (Lipinski definition) is 4. The zero-order valence-electron chi connectivity index (χ0n) is 11.3. The average molecular weight is 373 g/mol. The molecule has 0 radical (unpaired) electrons. The average Bonchev–Trinajstić information content (AvgIpc) is 2.51. The van der Waals surface area contributed by atoms with E-state index in [2.05, 4.69) is 10.5 Å². The fourth-order valence-corrected chi connectivity index (χ4v) is 2.21. The normalized spacial score (nSPS) is 10.7. The standard InChI is InChI=1S/C14H8Cl3N3O3/c15-9-2-4-11(16)10(6-9)14(21)19-18-7-8-1-3-12(17)13(5-8)20(22)23/h1-7H,(H,19,21)/b18-7-. The number of amides is 1. The molecule has 0 fully saturated rings. The second kappa shape index (κ2) is 7.41. The molecule has 0 spiro atoms. The third-order valence-electron chi connectivity index (χ3n) is 2.72. The molecule has 0 aliphatic rings. The Morgan fingerprint density at radius 1 is 1.13 bits per heavy atom. The molecule has 1 amide bonds. The highest BCUT2D eigenvalue weighted by molar-refractivity contribution is 6.35. The first-order valence-electron chi connectivity index (χ1n) is 6.11. The number of carbonyl (C=O) groups is 1.